The topological polar surface area (TPSA) is 125 Å². The molecule has 1 aliphatic rings. The van der Waals surface area contributed by atoms with Gasteiger partial charge in [-0.25, -0.2) is 9.18 Å². The predicted molar refractivity (Wildman–Crippen MR) is 112 cm³/mol. The standard InChI is InChI=1S/C21H21FN6O4/c1-27-20(30)16(25-28(21(27)31)15-9-7-14(22)8-10-15)17-24-19(32-26-17)18(29)23-12-11-13-5-3-2-4-6-13/h5,7-10H,2-4,6,11-12H2,1H3,(H,23,29). The van der Waals surface area contributed by atoms with Gasteiger partial charge in [0.1, 0.15) is 5.82 Å². The number of nitrogens with zero attached hydrogens (tertiary/aromatic N) is 5. The molecule has 10 nitrogen and oxygen atoms in total. The van der Waals surface area contributed by atoms with Crippen LogP contribution in [0.1, 0.15) is 42.8 Å². The largest absolute Gasteiger partial charge is 0.351 e. The zero-order chi connectivity index (χ0) is 22.7. The van der Waals surface area contributed by atoms with Crippen LogP contribution in [0.4, 0.5) is 4.39 Å². The van der Waals surface area contributed by atoms with E-state index in [2.05, 4.69) is 26.6 Å². The molecule has 1 N–H and O–H groups in total. The van der Waals surface area contributed by atoms with Crippen LogP contribution in [0.2, 0.25) is 0 Å². The summed E-state index contributed by atoms with van der Waals surface area (Å²) in [4.78, 5) is 41.3. The van der Waals surface area contributed by atoms with E-state index in [0.717, 1.165) is 47.1 Å². The Labute approximate surface area is 181 Å². The highest BCUT2D eigenvalue weighted by atomic mass is 19.1. The Morgan fingerprint density at radius 3 is 2.72 bits per heavy atom. The highest BCUT2D eigenvalue weighted by Gasteiger charge is 2.22. The van der Waals surface area contributed by atoms with E-state index in [1.165, 1.54) is 31.2 Å². The number of halogens is 1. The average Bonchev–Trinajstić information content (AvgIpc) is 3.29. The molecule has 2 heterocycles. The number of benzene rings is 1. The lowest BCUT2D eigenvalue weighted by molar-refractivity contribution is 0.0910. The Hall–Kier alpha value is -3.89. The average molecular weight is 440 g/mol. The van der Waals surface area contributed by atoms with Crippen molar-refractivity contribution >= 4 is 5.91 Å². The second-order valence-corrected chi connectivity index (χ2v) is 7.42. The quantitative estimate of drug-likeness (QED) is 0.579. The van der Waals surface area contributed by atoms with Gasteiger partial charge in [-0.15, -0.1) is 0 Å². The Kier molecular flexibility index (Phi) is 6.06. The van der Waals surface area contributed by atoms with Crippen LogP contribution >= 0.6 is 0 Å². The molecular formula is C21H21FN6O4. The first kappa shape index (κ1) is 21.3. The van der Waals surface area contributed by atoms with Crippen LogP contribution in [0, 0.1) is 5.82 Å². The van der Waals surface area contributed by atoms with Crippen molar-refractivity contribution in [3.63, 3.8) is 0 Å². The molecule has 166 valence electrons. The van der Waals surface area contributed by atoms with Gasteiger partial charge in [-0.2, -0.15) is 14.8 Å². The van der Waals surface area contributed by atoms with Gasteiger partial charge in [0.15, 0.2) is 5.69 Å². The summed E-state index contributed by atoms with van der Waals surface area (Å²) in [5, 5.41) is 10.4. The maximum absolute atomic E-state index is 13.2. The molecule has 1 amide bonds. The molecule has 1 aliphatic carbocycles. The monoisotopic (exact) mass is 440 g/mol. The Morgan fingerprint density at radius 1 is 1.22 bits per heavy atom. The van der Waals surface area contributed by atoms with Gasteiger partial charge < -0.3 is 9.84 Å². The molecule has 4 rings (SSSR count). The third kappa shape index (κ3) is 4.41. The number of nitrogens with one attached hydrogen (secondary N) is 1. The highest BCUT2D eigenvalue weighted by molar-refractivity contribution is 5.89. The Bertz CT molecular complexity index is 1290. The Balaban J connectivity index is 1.56. The van der Waals surface area contributed by atoms with E-state index < -0.39 is 23.0 Å². The fourth-order valence-electron chi connectivity index (χ4n) is 3.42. The molecule has 1 aromatic carbocycles. The van der Waals surface area contributed by atoms with Gasteiger partial charge in [-0.1, -0.05) is 16.8 Å². The number of rotatable bonds is 6. The number of carbonyl (C=O) groups is 1. The smallest absolute Gasteiger partial charge is 0.348 e. The molecule has 0 saturated carbocycles. The van der Waals surface area contributed by atoms with Crippen LogP contribution in [0.25, 0.3) is 17.2 Å². The lowest BCUT2D eigenvalue weighted by Gasteiger charge is -2.12. The molecule has 32 heavy (non-hydrogen) atoms. The summed E-state index contributed by atoms with van der Waals surface area (Å²) < 4.78 is 20.0. The second kappa shape index (κ2) is 9.08. The van der Waals surface area contributed by atoms with Crippen molar-refractivity contribution < 1.29 is 13.7 Å². The summed E-state index contributed by atoms with van der Waals surface area (Å²) in [6, 6.07) is 5.01. The maximum Gasteiger partial charge on any atom is 0.351 e. The molecule has 0 radical (unpaired) electrons. The van der Waals surface area contributed by atoms with E-state index in [1.807, 2.05) is 0 Å². The van der Waals surface area contributed by atoms with Crippen LogP contribution in [-0.2, 0) is 7.05 Å². The molecule has 0 spiro atoms. The lowest BCUT2D eigenvalue weighted by Crippen LogP contribution is -2.40. The van der Waals surface area contributed by atoms with E-state index in [0.29, 0.717) is 6.54 Å². The van der Waals surface area contributed by atoms with Crippen molar-refractivity contribution in [2.24, 2.45) is 7.05 Å². The molecule has 2 aromatic heterocycles. The second-order valence-electron chi connectivity index (χ2n) is 7.42. The normalized spacial score (nSPS) is 13.6. The minimum atomic E-state index is -0.759. The zero-order valence-electron chi connectivity index (χ0n) is 17.4. The van der Waals surface area contributed by atoms with Crippen molar-refractivity contribution in [2.75, 3.05) is 6.54 Å². The van der Waals surface area contributed by atoms with Crippen molar-refractivity contribution in [3.8, 4) is 17.2 Å². The summed E-state index contributed by atoms with van der Waals surface area (Å²) in [5.41, 5.74) is -0.217. The molecular weight excluding hydrogens is 419 g/mol. The molecule has 0 saturated heterocycles. The molecule has 0 fully saturated rings. The van der Waals surface area contributed by atoms with Gasteiger partial charge in [-0.3, -0.25) is 14.2 Å². The fourth-order valence-corrected chi connectivity index (χ4v) is 3.42. The van der Waals surface area contributed by atoms with Gasteiger partial charge in [0.05, 0.1) is 5.69 Å². The number of hydrogen-bond acceptors (Lipinski definition) is 7. The van der Waals surface area contributed by atoms with Crippen LogP contribution in [0.5, 0.6) is 0 Å². The molecule has 0 atom stereocenters. The summed E-state index contributed by atoms with van der Waals surface area (Å²) in [7, 11) is 1.27. The van der Waals surface area contributed by atoms with Crippen molar-refractivity contribution in [1.82, 2.24) is 29.8 Å². The fraction of sp³-hybridized carbons (Fsp3) is 0.333. The maximum atomic E-state index is 13.2. The SMILES string of the molecule is Cn1c(=O)c(-c2noc(C(=O)NCCC3=CCCCC3)n2)nn(-c2ccc(F)cc2)c1=O. The van der Waals surface area contributed by atoms with E-state index in [4.69, 9.17) is 4.52 Å². The van der Waals surface area contributed by atoms with E-state index in [-0.39, 0.29) is 23.1 Å². The highest BCUT2D eigenvalue weighted by Crippen LogP contribution is 2.19. The van der Waals surface area contributed by atoms with E-state index in [9.17, 15) is 18.8 Å². The van der Waals surface area contributed by atoms with Gasteiger partial charge >= 0.3 is 17.5 Å². The van der Waals surface area contributed by atoms with Crippen LogP contribution in [-0.4, -0.2) is 36.9 Å². The van der Waals surface area contributed by atoms with Crippen molar-refractivity contribution in [3.05, 3.63) is 68.5 Å². The molecule has 0 aliphatic heterocycles. The third-order valence-electron chi connectivity index (χ3n) is 5.20. The molecule has 3 aromatic rings. The summed E-state index contributed by atoms with van der Waals surface area (Å²) in [5.74, 6) is -1.60. The minimum Gasteiger partial charge on any atom is -0.348 e. The molecule has 11 heteroatoms. The van der Waals surface area contributed by atoms with Gasteiger partial charge in [0.25, 0.3) is 5.56 Å². The van der Waals surface area contributed by atoms with Gasteiger partial charge in [0.2, 0.25) is 5.82 Å². The van der Waals surface area contributed by atoms with Gasteiger partial charge in [-0.05, 0) is 56.4 Å². The zero-order valence-corrected chi connectivity index (χ0v) is 17.4. The lowest BCUT2D eigenvalue weighted by atomic mass is 9.97. The summed E-state index contributed by atoms with van der Waals surface area (Å²) >= 11 is 0. The first-order valence-corrected chi connectivity index (χ1v) is 10.2. The first-order valence-electron chi connectivity index (χ1n) is 10.2. The van der Waals surface area contributed by atoms with Crippen molar-refractivity contribution in [2.45, 2.75) is 32.1 Å². The van der Waals surface area contributed by atoms with E-state index >= 15 is 0 Å². The van der Waals surface area contributed by atoms with Crippen molar-refractivity contribution in [1.29, 1.82) is 0 Å². The number of hydrogen-bond donors (Lipinski definition) is 1. The number of amides is 1. The van der Waals surface area contributed by atoms with Gasteiger partial charge in [0, 0.05) is 13.6 Å². The summed E-state index contributed by atoms with van der Waals surface area (Å²) in [6.45, 7) is 0.428. The van der Waals surface area contributed by atoms with E-state index in [1.54, 1.807) is 0 Å². The Morgan fingerprint density at radius 2 is 2.00 bits per heavy atom. The first-order chi connectivity index (χ1) is 15.4. The summed E-state index contributed by atoms with van der Waals surface area (Å²) in [6.07, 6.45) is 7.42. The molecule has 0 bridgehead atoms. The predicted octanol–water partition coefficient (Wildman–Crippen LogP) is 1.74. The van der Waals surface area contributed by atoms with Crippen LogP contribution in [0.15, 0.2) is 50.0 Å². The van der Waals surface area contributed by atoms with Crippen LogP contribution < -0.4 is 16.6 Å². The minimum absolute atomic E-state index is 0.235. The number of aromatic nitrogens is 5. The third-order valence-corrected chi connectivity index (χ3v) is 5.20. The molecule has 0 unspecified atom stereocenters. The number of carbonyl (C=O) groups excluding carboxylic acids is 1. The van der Waals surface area contributed by atoms with Crippen LogP contribution in [0.3, 0.4) is 0 Å². The number of allylic oxidation sites excluding steroid dienone is 1.